The third-order valence-corrected chi connectivity index (χ3v) is 5.91. The maximum atomic E-state index is 6.10. The number of hydrogen-bond donors (Lipinski definition) is 0. The summed E-state index contributed by atoms with van der Waals surface area (Å²) in [4.78, 5) is 0. The lowest BCUT2D eigenvalue weighted by Gasteiger charge is -2.11. The summed E-state index contributed by atoms with van der Waals surface area (Å²) in [6.07, 6.45) is 0. The van der Waals surface area contributed by atoms with Gasteiger partial charge in [0.15, 0.2) is 11.0 Å². The number of benzene rings is 3. The first-order chi connectivity index (χ1) is 14.2. The SMILES string of the molecule is COc1ccc(-c2nnc(SCc3ccccc3C)n2-c2ccc(Cl)cc2)cc1. The summed E-state index contributed by atoms with van der Waals surface area (Å²) in [7, 11) is 1.66. The molecule has 146 valence electrons. The quantitative estimate of drug-likeness (QED) is 0.347. The van der Waals surface area contributed by atoms with E-state index < -0.39 is 0 Å². The molecule has 4 aromatic rings. The fraction of sp³-hybridized carbons (Fsp3) is 0.130. The number of ether oxygens (including phenoxy) is 1. The highest BCUT2D eigenvalue weighted by molar-refractivity contribution is 7.98. The van der Waals surface area contributed by atoms with Crippen molar-refractivity contribution in [1.82, 2.24) is 14.8 Å². The Labute approximate surface area is 179 Å². The summed E-state index contributed by atoms with van der Waals surface area (Å²) in [6.45, 7) is 2.13. The molecule has 1 heterocycles. The fourth-order valence-corrected chi connectivity index (χ4v) is 4.18. The second-order valence-corrected chi connectivity index (χ2v) is 7.94. The summed E-state index contributed by atoms with van der Waals surface area (Å²) >= 11 is 7.77. The maximum Gasteiger partial charge on any atom is 0.196 e. The summed E-state index contributed by atoms with van der Waals surface area (Å²) in [5.74, 6) is 2.41. The molecule has 29 heavy (non-hydrogen) atoms. The van der Waals surface area contributed by atoms with Crippen LogP contribution in [-0.4, -0.2) is 21.9 Å². The van der Waals surface area contributed by atoms with E-state index in [0.29, 0.717) is 5.02 Å². The Kier molecular flexibility index (Phi) is 5.88. The van der Waals surface area contributed by atoms with Gasteiger partial charge in [0.2, 0.25) is 0 Å². The van der Waals surface area contributed by atoms with Gasteiger partial charge in [0.25, 0.3) is 0 Å². The van der Waals surface area contributed by atoms with Gasteiger partial charge in [-0.15, -0.1) is 10.2 Å². The van der Waals surface area contributed by atoms with Gasteiger partial charge in [-0.05, 0) is 66.6 Å². The van der Waals surface area contributed by atoms with Gasteiger partial charge in [0, 0.05) is 22.0 Å². The zero-order valence-corrected chi connectivity index (χ0v) is 17.7. The molecule has 0 aliphatic heterocycles. The van der Waals surface area contributed by atoms with E-state index in [-0.39, 0.29) is 0 Å². The average molecular weight is 422 g/mol. The molecular weight excluding hydrogens is 402 g/mol. The summed E-state index contributed by atoms with van der Waals surface area (Å²) < 4.78 is 7.35. The molecule has 6 heteroatoms. The van der Waals surface area contributed by atoms with Gasteiger partial charge < -0.3 is 4.74 Å². The molecule has 3 aromatic carbocycles. The molecule has 0 spiro atoms. The highest BCUT2D eigenvalue weighted by Gasteiger charge is 2.16. The Morgan fingerprint density at radius 3 is 2.34 bits per heavy atom. The number of nitrogens with zero attached hydrogens (tertiary/aromatic N) is 3. The Bertz CT molecular complexity index is 1110. The number of methoxy groups -OCH3 is 1. The van der Waals surface area contributed by atoms with Crippen LogP contribution in [0.5, 0.6) is 5.75 Å². The Morgan fingerprint density at radius 1 is 0.931 bits per heavy atom. The standard InChI is InChI=1S/C23H20ClN3OS/c1-16-5-3-4-6-18(16)15-29-23-26-25-22(17-7-13-21(28-2)14-8-17)27(23)20-11-9-19(24)10-12-20/h3-14H,15H2,1-2H3. The van der Waals surface area contributed by atoms with Crippen molar-refractivity contribution >= 4 is 23.4 Å². The first-order valence-corrected chi connectivity index (χ1v) is 10.5. The van der Waals surface area contributed by atoms with Crippen LogP contribution in [0.1, 0.15) is 11.1 Å². The second-order valence-electron chi connectivity index (χ2n) is 6.56. The maximum absolute atomic E-state index is 6.10. The second kappa shape index (κ2) is 8.72. The van der Waals surface area contributed by atoms with Crippen molar-refractivity contribution in [3.8, 4) is 22.8 Å². The van der Waals surface area contributed by atoms with E-state index in [1.807, 2.05) is 48.5 Å². The monoisotopic (exact) mass is 421 g/mol. The molecule has 0 unspecified atom stereocenters. The van der Waals surface area contributed by atoms with Crippen LogP contribution in [0.25, 0.3) is 17.1 Å². The van der Waals surface area contributed by atoms with E-state index in [4.69, 9.17) is 16.3 Å². The van der Waals surface area contributed by atoms with E-state index in [0.717, 1.165) is 33.7 Å². The Morgan fingerprint density at radius 2 is 1.66 bits per heavy atom. The van der Waals surface area contributed by atoms with Gasteiger partial charge in [0.05, 0.1) is 7.11 Å². The van der Waals surface area contributed by atoms with Gasteiger partial charge >= 0.3 is 0 Å². The molecule has 4 rings (SSSR count). The fourth-order valence-electron chi connectivity index (χ4n) is 3.03. The van der Waals surface area contributed by atoms with E-state index in [2.05, 4.69) is 46.0 Å². The zero-order valence-electron chi connectivity index (χ0n) is 16.2. The largest absolute Gasteiger partial charge is 0.497 e. The van der Waals surface area contributed by atoms with Crippen LogP contribution >= 0.6 is 23.4 Å². The summed E-state index contributed by atoms with van der Waals surface area (Å²) in [6, 6.07) is 24.0. The lowest BCUT2D eigenvalue weighted by atomic mass is 10.1. The predicted octanol–water partition coefficient (Wildman–Crippen LogP) is 6.20. The normalized spacial score (nSPS) is 10.9. The molecule has 0 aliphatic carbocycles. The van der Waals surface area contributed by atoms with Crippen LogP contribution < -0.4 is 4.74 Å². The summed E-state index contributed by atoms with van der Waals surface area (Å²) in [5, 5.41) is 10.5. The molecule has 0 atom stereocenters. The number of aryl methyl sites for hydroxylation is 1. The lowest BCUT2D eigenvalue weighted by Crippen LogP contribution is -2.00. The number of aromatic nitrogens is 3. The Hall–Kier alpha value is -2.76. The third-order valence-electron chi connectivity index (χ3n) is 4.68. The van der Waals surface area contributed by atoms with Gasteiger partial charge in [0.1, 0.15) is 5.75 Å². The number of rotatable bonds is 6. The zero-order chi connectivity index (χ0) is 20.2. The Balaban J connectivity index is 1.73. The molecule has 0 N–H and O–H groups in total. The van der Waals surface area contributed by atoms with Crippen molar-refractivity contribution in [2.45, 2.75) is 17.8 Å². The van der Waals surface area contributed by atoms with E-state index in [1.165, 1.54) is 11.1 Å². The number of halogens is 1. The van der Waals surface area contributed by atoms with E-state index in [9.17, 15) is 0 Å². The van der Waals surface area contributed by atoms with Crippen LogP contribution in [0.4, 0.5) is 0 Å². The minimum absolute atomic E-state index is 0.696. The van der Waals surface area contributed by atoms with Gasteiger partial charge in [-0.1, -0.05) is 47.6 Å². The highest BCUT2D eigenvalue weighted by Crippen LogP contribution is 2.31. The molecule has 1 aromatic heterocycles. The van der Waals surface area contributed by atoms with Crippen LogP contribution in [0.3, 0.4) is 0 Å². The molecule has 0 saturated carbocycles. The molecular formula is C23H20ClN3OS. The van der Waals surface area contributed by atoms with Crippen LogP contribution in [-0.2, 0) is 5.75 Å². The topological polar surface area (TPSA) is 39.9 Å². The minimum atomic E-state index is 0.696. The molecule has 0 bridgehead atoms. The molecule has 0 amide bonds. The third kappa shape index (κ3) is 4.31. The van der Waals surface area contributed by atoms with Crippen molar-refractivity contribution < 1.29 is 4.74 Å². The molecule has 0 radical (unpaired) electrons. The highest BCUT2D eigenvalue weighted by atomic mass is 35.5. The van der Waals surface area contributed by atoms with Crippen LogP contribution in [0.15, 0.2) is 78.0 Å². The van der Waals surface area contributed by atoms with Crippen LogP contribution in [0.2, 0.25) is 5.02 Å². The predicted molar refractivity (Wildman–Crippen MR) is 119 cm³/mol. The average Bonchev–Trinajstić information content (AvgIpc) is 3.18. The van der Waals surface area contributed by atoms with Crippen molar-refractivity contribution in [2.24, 2.45) is 0 Å². The molecule has 0 fully saturated rings. The van der Waals surface area contributed by atoms with Gasteiger partial charge in [-0.25, -0.2) is 0 Å². The number of thioether (sulfide) groups is 1. The smallest absolute Gasteiger partial charge is 0.196 e. The van der Waals surface area contributed by atoms with E-state index in [1.54, 1.807) is 18.9 Å². The minimum Gasteiger partial charge on any atom is -0.497 e. The molecule has 0 saturated heterocycles. The van der Waals surface area contributed by atoms with E-state index >= 15 is 0 Å². The van der Waals surface area contributed by atoms with Crippen LogP contribution in [0, 0.1) is 6.92 Å². The van der Waals surface area contributed by atoms with Gasteiger partial charge in [-0.3, -0.25) is 4.57 Å². The van der Waals surface area contributed by atoms with Crippen molar-refractivity contribution in [2.75, 3.05) is 7.11 Å². The van der Waals surface area contributed by atoms with Crippen molar-refractivity contribution in [3.05, 3.63) is 88.9 Å². The lowest BCUT2D eigenvalue weighted by molar-refractivity contribution is 0.415. The van der Waals surface area contributed by atoms with Crippen molar-refractivity contribution in [1.29, 1.82) is 0 Å². The van der Waals surface area contributed by atoms with Crippen molar-refractivity contribution in [3.63, 3.8) is 0 Å². The summed E-state index contributed by atoms with van der Waals surface area (Å²) in [5.41, 5.74) is 4.50. The molecule has 0 aliphatic rings. The first kappa shape index (κ1) is 19.6. The van der Waals surface area contributed by atoms with Gasteiger partial charge in [-0.2, -0.15) is 0 Å². The first-order valence-electron chi connectivity index (χ1n) is 9.19. The number of hydrogen-bond acceptors (Lipinski definition) is 4. The molecule has 4 nitrogen and oxygen atoms in total.